The van der Waals surface area contributed by atoms with E-state index in [-0.39, 0.29) is 87.2 Å². The number of amides is 5. The van der Waals surface area contributed by atoms with E-state index < -0.39 is 69.1 Å². The summed E-state index contributed by atoms with van der Waals surface area (Å²) < 4.78 is 46.7. The van der Waals surface area contributed by atoms with Crippen LogP contribution in [-0.2, 0) is 52.8 Å². The zero-order valence-electron chi connectivity index (χ0n) is 51.6. The Kier molecular flexibility index (Phi) is 19.5. The second-order valence-corrected chi connectivity index (χ2v) is 24.6. The van der Waals surface area contributed by atoms with Crippen LogP contribution >= 0.6 is 23.4 Å². The van der Waals surface area contributed by atoms with Gasteiger partial charge in [0.1, 0.15) is 5.92 Å². The predicted molar refractivity (Wildman–Crippen MR) is 354 cm³/mol. The number of carbonyl (C=O) groups is 5. The number of likely N-dealkylation sites (tertiary alicyclic amines) is 1. The van der Waals surface area contributed by atoms with E-state index in [0.717, 1.165) is 33.3 Å². The maximum Gasteiger partial charge on any atom is 0.416 e. The molecule has 8 aromatic carbocycles. The van der Waals surface area contributed by atoms with Crippen LogP contribution in [0.15, 0.2) is 254 Å². The number of aromatic amines is 1. The molecule has 21 nitrogen and oxygen atoms in total. The molecule has 5 amide bonds. The number of benzene rings is 8. The molecule has 7 N–H and O–H groups in total. The van der Waals surface area contributed by atoms with Crippen molar-refractivity contribution in [2.45, 2.75) is 58.6 Å². The van der Waals surface area contributed by atoms with Gasteiger partial charge in [-0.2, -0.15) is 23.3 Å². The molecule has 3 aromatic heterocycles. The Labute approximate surface area is 567 Å². The standard InChI is InChI=1S/C72H60ClF3N12O9S/c73-55-35-33-49(34-36-55)60-37-40-77-68(79-60)98-71(66(92)82-95,53-27-14-5-15-28-53)88(97)67(93)70(52-25-12-4-13-26-52,84-41-38-48(39-42-84)59-45-78-61-32-17-16-31-58(59)61)87(96)64(90)62(50-21-8-2-9-22-50)63(89)86(57-30-18-29-54(44-57)72(74,75)76)69(65(91)81-94,51-23-10-3-11-24-51)85-46-56(80-83-85)43-47-19-6-1-7-20-47/h1-37,40,44-46,48,62,78,94-97H,38-39,41-43H2,(H,81,91)(H,82,92). The van der Waals surface area contributed by atoms with E-state index in [2.05, 4.69) is 20.3 Å². The van der Waals surface area contributed by atoms with E-state index in [1.54, 1.807) is 83.8 Å². The molecule has 1 aliphatic heterocycles. The molecule has 1 saturated heterocycles. The Morgan fingerprint density at radius 3 is 1.84 bits per heavy atom. The summed E-state index contributed by atoms with van der Waals surface area (Å²) in [6.45, 7) is -0.419. The molecule has 26 heteroatoms. The van der Waals surface area contributed by atoms with Crippen LogP contribution in [0.5, 0.6) is 0 Å². The first-order chi connectivity index (χ1) is 47.4. The van der Waals surface area contributed by atoms with Crippen LogP contribution in [0.4, 0.5) is 18.9 Å². The van der Waals surface area contributed by atoms with Gasteiger partial charge in [-0.15, -0.1) is 5.10 Å². The number of halogens is 4. The van der Waals surface area contributed by atoms with Crippen LogP contribution < -0.4 is 15.9 Å². The zero-order chi connectivity index (χ0) is 68.8. The fourth-order valence-electron chi connectivity index (χ4n) is 12.8. The first-order valence-electron chi connectivity index (χ1n) is 30.7. The van der Waals surface area contributed by atoms with E-state index in [4.69, 9.17) is 16.6 Å². The van der Waals surface area contributed by atoms with Gasteiger partial charge in [0, 0.05) is 75.8 Å². The third-order valence-electron chi connectivity index (χ3n) is 17.4. The van der Waals surface area contributed by atoms with Gasteiger partial charge in [-0.25, -0.2) is 25.6 Å². The maximum absolute atomic E-state index is 17.3. The third kappa shape index (κ3) is 12.5. The summed E-state index contributed by atoms with van der Waals surface area (Å²) in [7, 11) is 0. The molecule has 496 valence electrons. The van der Waals surface area contributed by atoms with Crippen LogP contribution in [0, 0.1) is 0 Å². The van der Waals surface area contributed by atoms with Gasteiger partial charge in [-0.05, 0) is 89.7 Å². The lowest BCUT2D eigenvalue weighted by molar-refractivity contribution is -0.256. The van der Waals surface area contributed by atoms with Crippen LogP contribution in [-0.4, -0.2) is 108 Å². The molecule has 98 heavy (non-hydrogen) atoms. The molecule has 4 atom stereocenters. The van der Waals surface area contributed by atoms with E-state index in [1.165, 1.54) is 126 Å². The van der Waals surface area contributed by atoms with Crippen molar-refractivity contribution in [3.63, 3.8) is 0 Å². The first-order valence-corrected chi connectivity index (χ1v) is 31.9. The zero-order valence-corrected chi connectivity index (χ0v) is 53.2. The van der Waals surface area contributed by atoms with Crippen molar-refractivity contribution in [1.82, 2.24) is 55.9 Å². The van der Waals surface area contributed by atoms with Crippen LogP contribution in [0.2, 0.25) is 5.02 Å². The number of H-pyrrole nitrogens is 1. The molecular formula is C72H60ClF3N12O9S. The average molecular weight is 1360 g/mol. The maximum atomic E-state index is 17.3. The lowest BCUT2D eigenvalue weighted by Crippen LogP contribution is -2.71. The van der Waals surface area contributed by atoms with E-state index >= 15 is 37.1 Å². The molecule has 4 heterocycles. The number of para-hydroxylation sites is 1. The Morgan fingerprint density at radius 2 is 1.21 bits per heavy atom. The van der Waals surface area contributed by atoms with E-state index in [0.29, 0.717) is 44.9 Å². The SMILES string of the molecule is O=C(C(C(=O)N(c1cccc(C(F)(F)F)c1)C(C(=O)NO)(c1ccccc1)n1cc(Cc2ccccc2)nn1)c1ccccc1)N(O)C(C(=O)N(O)C(Sc1nccc(-c2ccc(Cl)cc2)n1)(C(=O)NO)c1ccccc1)(c1ccccc1)N1CCC(c2c[nH]c3ccccc23)CC1. The molecule has 0 bridgehead atoms. The summed E-state index contributed by atoms with van der Waals surface area (Å²) in [4.78, 5) is 93.8. The highest BCUT2D eigenvalue weighted by Crippen LogP contribution is 2.49. The molecule has 0 radical (unpaired) electrons. The lowest BCUT2D eigenvalue weighted by atomic mass is 9.84. The fourth-order valence-corrected chi connectivity index (χ4v) is 14.0. The quantitative estimate of drug-likeness (QED) is 0.00880. The van der Waals surface area contributed by atoms with Gasteiger partial charge >= 0.3 is 6.18 Å². The largest absolute Gasteiger partial charge is 0.416 e. The number of carbonyl (C=O) groups excluding carboxylic acids is 5. The summed E-state index contributed by atoms with van der Waals surface area (Å²) in [6, 6.07) is 56.3. The van der Waals surface area contributed by atoms with Gasteiger partial charge in [-0.1, -0.05) is 205 Å². The van der Waals surface area contributed by atoms with Gasteiger partial charge in [0.25, 0.3) is 23.6 Å². The summed E-state index contributed by atoms with van der Waals surface area (Å²) in [5, 5.41) is 59.5. The molecule has 0 spiro atoms. The Hall–Kier alpha value is -10.9. The minimum Gasteiger partial charge on any atom is -0.361 e. The average Bonchev–Trinajstić information content (AvgIpc) is 1.07. The van der Waals surface area contributed by atoms with Crippen molar-refractivity contribution in [3.05, 3.63) is 299 Å². The van der Waals surface area contributed by atoms with Crippen LogP contribution in [0.25, 0.3) is 22.2 Å². The number of hydroxylamine groups is 6. The highest BCUT2D eigenvalue weighted by Gasteiger charge is 2.63. The molecule has 1 aliphatic rings. The van der Waals surface area contributed by atoms with Gasteiger partial charge < -0.3 is 4.98 Å². The number of anilines is 1. The number of hydrogen-bond acceptors (Lipinski definition) is 15. The number of aromatic nitrogens is 6. The normalized spacial score (nSPS) is 15.0. The number of nitrogens with one attached hydrogen (secondary N) is 3. The number of alkyl halides is 3. The first kappa shape index (κ1) is 67.1. The van der Waals surface area contributed by atoms with Crippen molar-refractivity contribution in [3.8, 4) is 11.3 Å². The van der Waals surface area contributed by atoms with Crippen molar-refractivity contribution in [2.75, 3.05) is 18.0 Å². The number of thioether (sulfide) groups is 1. The summed E-state index contributed by atoms with van der Waals surface area (Å²) in [5.74, 6) is -10.8. The molecule has 0 saturated carbocycles. The predicted octanol–water partition coefficient (Wildman–Crippen LogP) is 11.8. The highest BCUT2D eigenvalue weighted by atomic mass is 35.5. The van der Waals surface area contributed by atoms with Gasteiger partial charge in [0.2, 0.25) is 22.1 Å². The summed E-state index contributed by atoms with van der Waals surface area (Å²) in [5.41, 5.74) is -2.60. The summed E-state index contributed by atoms with van der Waals surface area (Å²) >= 11 is 6.64. The molecular weight excluding hydrogens is 1300 g/mol. The lowest BCUT2D eigenvalue weighted by Gasteiger charge is -2.51. The van der Waals surface area contributed by atoms with Crippen molar-refractivity contribution < 1.29 is 58.0 Å². The van der Waals surface area contributed by atoms with E-state index in [9.17, 15) is 20.8 Å². The fraction of sp³-hybridized carbons (Fsp3) is 0.153. The van der Waals surface area contributed by atoms with Crippen molar-refractivity contribution in [2.24, 2.45) is 0 Å². The number of hydrogen-bond donors (Lipinski definition) is 7. The second kappa shape index (κ2) is 28.4. The number of rotatable bonds is 21. The number of fused-ring (bicyclic) bond motifs is 1. The number of nitrogens with zero attached hydrogens (tertiary/aromatic N) is 9. The molecule has 11 aromatic rings. The molecule has 1 fully saturated rings. The van der Waals surface area contributed by atoms with E-state index in [1.807, 2.05) is 30.5 Å². The Morgan fingerprint density at radius 1 is 0.643 bits per heavy atom. The van der Waals surface area contributed by atoms with Gasteiger partial charge in [-0.3, -0.25) is 54.6 Å². The minimum absolute atomic E-state index is 0.0514. The third-order valence-corrected chi connectivity index (χ3v) is 18.9. The molecule has 4 unspecified atom stereocenters. The Balaban J connectivity index is 1.09. The smallest absolute Gasteiger partial charge is 0.361 e. The topological polar surface area (TPSA) is 276 Å². The van der Waals surface area contributed by atoms with Crippen LogP contribution in [0.3, 0.4) is 0 Å². The minimum atomic E-state index is -5.12. The van der Waals surface area contributed by atoms with Crippen molar-refractivity contribution >= 4 is 69.5 Å². The molecule has 0 aliphatic carbocycles. The van der Waals surface area contributed by atoms with Crippen LogP contribution in [0.1, 0.15) is 69.3 Å². The second-order valence-electron chi connectivity index (χ2n) is 23.0. The number of piperidine rings is 1. The molecule has 12 rings (SSSR count). The van der Waals surface area contributed by atoms with Crippen molar-refractivity contribution in [1.29, 1.82) is 0 Å². The Bertz CT molecular complexity index is 4660. The van der Waals surface area contributed by atoms with Gasteiger partial charge in [0.15, 0.2) is 5.16 Å². The highest BCUT2D eigenvalue weighted by molar-refractivity contribution is 8.00. The monoisotopic (exact) mass is 1360 g/mol. The summed E-state index contributed by atoms with van der Waals surface area (Å²) in [6.07, 6.45) is -0.242. The van der Waals surface area contributed by atoms with Gasteiger partial charge in [0.05, 0.1) is 23.1 Å².